The maximum atomic E-state index is 12.9. The zero-order chi connectivity index (χ0) is 21.8. The van der Waals surface area contributed by atoms with Crippen molar-refractivity contribution in [3.05, 3.63) is 69.6 Å². The lowest BCUT2D eigenvalue weighted by molar-refractivity contribution is -0.0620. The Hall–Kier alpha value is -2.61. The van der Waals surface area contributed by atoms with Gasteiger partial charge in [0.25, 0.3) is 11.5 Å². The highest BCUT2D eigenvalue weighted by atomic mass is 79.9. The third-order valence-corrected chi connectivity index (χ3v) is 8.07. The topological polar surface area (TPSA) is 71.9 Å². The molecule has 2 aromatic rings. The molecule has 8 heteroatoms. The summed E-state index contributed by atoms with van der Waals surface area (Å²) in [6.45, 7) is 3.44. The molecule has 7 nitrogen and oxygen atoms in total. The fourth-order valence-electron chi connectivity index (χ4n) is 5.30. The minimum absolute atomic E-state index is 0.0318. The van der Waals surface area contributed by atoms with Gasteiger partial charge in [0.05, 0.1) is 16.1 Å². The van der Waals surface area contributed by atoms with Gasteiger partial charge in [-0.2, -0.15) is 0 Å². The second kappa shape index (κ2) is 7.22. The van der Waals surface area contributed by atoms with E-state index < -0.39 is 5.66 Å². The number of likely N-dealkylation sites (tertiary alicyclic amines) is 1. The Morgan fingerprint density at radius 2 is 1.71 bits per heavy atom. The zero-order valence-corrected chi connectivity index (χ0v) is 18.9. The number of nitrogens with zero attached hydrogens (tertiary/aromatic N) is 3. The van der Waals surface area contributed by atoms with Gasteiger partial charge in [-0.3, -0.25) is 14.2 Å². The van der Waals surface area contributed by atoms with Crippen LogP contribution in [0.25, 0.3) is 0 Å². The second-order valence-corrected chi connectivity index (χ2v) is 9.71. The molecule has 5 rings (SSSR count). The van der Waals surface area contributed by atoms with Crippen molar-refractivity contribution in [2.24, 2.45) is 5.41 Å². The summed E-state index contributed by atoms with van der Waals surface area (Å²) in [6.07, 6.45) is 2.74. The Labute approximate surface area is 188 Å². The minimum Gasteiger partial charge on any atom is -0.445 e. The number of aryl methyl sites for hydroxylation is 1. The summed E-state index contributed by atoms with van der Waals surface area (Å²) in [7, 11) is 0. The van der Waals surface area contributed by atoms with Crippen LogP contribution in [0.15, 0.2) is 47.3 Å². The van der Waals surface area contributed by atoms with Gasteiger partial charge in [0.15, 0.2) is 0 Å². The lowest BCUT2D eigenvalue weighted by atomic mass is 9.65. The molecule has 0 N–H and O–H groups in total. The van der Waals surface area contributed by atoms with E-state index in [0.29, 0.717) is 31.6 Å². The Morgan fingerprint density at radius 3 is 2.39 bits per heavy atom. The summed E-state index contributed by atoms with van der Waals surface area (Å²) in [4.78, 5) is 39.7. The zero-order valence-electron chi connectivity index (χ0n) is 17.3. The molecule has 2 amide bonds. The highest BCUT2D eigenvalue weighted by Gasteiger charge is 2.57. The molecular weight excluding hydrogens is 462 g/mol. The first-order valence-electron chi connectivity index (χ1n) is 10.5. The molecule has 0 atom stereocenters. The summed E-state index contributed by atoms with van der Waals surface area (Å²) >= 11 is 3.47. The van der Waals surface area contributed by atoms with Crippen molar-refractivity contribution in [1.82, 2.24) is 13.4 Å². The van der Waals surface area contributed by atoms with Crippen molar-refractivity contribution in [1.29, 1.82) is 0 Å². The summed E-state index contributed by atoms with van der Waals surface area (Å²) < 4.78 is 8.69. The average molecular weight is 486 g/mol. The molecule has 31 heavy (non-hydrogen) atoms. The van der Waals surface area contributed by atoms with Crippen LogP contribution >= 0.6 is 16.1 Å². The van der Waals surface area contributed by atoms with Crippen LogP contribution in [0.3, 0.4) is 0 Å². The molecule has 1 saturated carbocycles. The molecule has 3 heterocycles. The van der Waals surface area contributed by atoms with Crippen LogP contribution in [0.5, 0.6) is 0 Å². The van der Waals surface area contributed by atoms with E-state index in [1.807, 2.05) is 37.3 Å². The Bertz CT molecular complexity index is 1100. The van der Waals surface area contributed by atoms with Crippen LogP contribution in [0, 0.1) is 12.3 Å². The van der Waals surface area contributed by atoms with Crippen LogP contribution in [0.1, 0.15) is 47.3 Å². The van der Waals surface area contributed by atoms with Crippen molar-refractivity contribution in [3.63, 3.8) is 0 Å². The molecule has 0 bridgehead atoms. The van der Waals surface area contributed by atoms with Crippen LogP contribution < -0.4 is 5.56 Å². The number of halogens is 1. The van der Waals surface area contributed by atoms with E-state index in [-0.39, 0.29) is 29.6 Å². The fraction of sp³-hybridized carbons (Fsp3) is 0.435. The smallest absolute Gasteiger partial charge is 0.410 e. The number of carbonyl (C=O) groups is 2. The van der Waals surface area contributed by atoms with E-state index >= 15 is 0 Å². The average Bonchev–Trinajstić information content (AvgIpc) is 2.98. The predicted molar refractivity (Wildman–Crippen MR) is 118 cm³/mol. The van der Waals surface area contributed by atoms with E-state index in [1.165, 1.54) is 6.07 Å². The molecule has 0 radical (unpaired) electrons. The van der Waals surface area contributed by atoms with Gasteiger partial charge >= 0.3 is 6.09 Å². The van der Waals surface area contributed by atoms with Gasteiger partial charge in [0, 0.05) is 24.6 Å². The van der Waals surface area contributed by atoms with E-state index in [1.54, 1.807) is 19.5 Å². The maximum Gasteiger partial charge on any atom is 0.410 e. The number of aromatic nitrogens is 1. The van der Waals surface area contributed by atoms with Crippen LogP contribution in [0.2, 0.25) is 0 Å². The first kappa shape index (κ1) is 20.3. The summed E-state index contributed by atoms with van der Waals surface area (Å²) in [5, 5.41) is 0. The predicted octanol–water partition coefficient (Wildman–Crippen LogP) is 3.79. The summed E-state index contributed by atoms with van der Waals surface area (Å²) in [6, 6.07) is 12.9. The van der Waals surface area contributed by atoms with Gasteiger partial charge in [0.2, 0.25) is 0 Å². The maximum absolute atomic E-state index is 12.9. The summed E-state index contributed by atoms with van der Waals surface area (Å²) in [5.74, 6) is -0.161. The normalized spacial score (nSPS) is 20.6. The number of hydrogen-bond donors (Lipinski definition) is 0. The van der Waals surface area contributed by atoms with E-state index in [2.05, 4.69) is 16.1 Å². The SMILES string of the molecule is Cc1ccc(=O)n2c1C(=O)N(Br)C21CCC2(CC1)CN(C(=O)OCc1ccccc1)C2. The molecule has 162 valence electrons. The van der Waals surface area contributed by atoms with Crippen molar-refractivity contribution >= 4 is 28.1 Å². The molecule has 0 unspecified atom stereocenters. The van der Waals surface area contributed by atoms with Crippen molar-refractivity contribution in [2.75, 3.05) is 13.1 Å². The molecule has 1 saturated heterocycles. The first-order valence-corrected chi connectivity index (χ1v) is 11.3. The number of benzene rings is 1. The number of carbonyl (C=O) groups excluding carboxylic acids is 2. The minimum atomic E-state index is -0.672. The van der Waals surface area contributed by atoms with Crippen molar-refractivity contribution in [3.8, 4) is 0 Å². The lowest BCUT2D eigenvalue weighted by Crippen LogP contribution is -2.62. The number of hydrogen-bond acceptors (Lipinski definition) is 4. The molecule has 3 aliphatic rings. The van der Waals surface area contributed by atoms with Gasteiger partial charge in [-0.1, -0.05) is 36.4 Å². The lowest BCUT2D eigenvalue weighted by Gasteiger charge is -2.55. The number of pyridine rings is 1. The molecule has 2 aliphatic heterocycles. The molecule has 1 aliphatic carbocycles. The highest BCUT2D eigenvalue weighted by Crippen LogP contribution is 2.53. The molecule has 1 aromatic carbocycles. The van der Waals surface area contributed by atoms with Crippen molar-refractivity contribution < 1.29 is 14.3 Å². The number of amides is 2. The third-order valence-electron chi connectivity index (χ3n) is 7.08. The molecular formula is C23H24BrN3O4. The van der Waals surface area contributed by atoms with Gasteiger partial charge < -0.3 is 9.64 Å². The van der Waals surface area contributed by atoms with Crippen molar-refractivity contribution in [2.45, 2.75) is 44.9 Å². The number of fused-ring (bicyclic) bond motifs is 2. The largest absolute Gasteiger partial charge is 0.445 e. The van der Waals surface area contributed by atoms with E-state index in [0.717, 1.165) is 24.0 Å². The van der Waals surface area contributed by atoms with E-state index in [9.17, 15) is 14.4 Å². The van der Waals surface area contributed by atoms with Crippen LogP contribution in [0.4, 0.5) is 4.79 Å². The van der Waals surface area contributed by atoms with E-state index in [4.69, 9.17) is 4.74 Å². The Kier molecular flexibility index (Phi) is 4.73. The van der Waals surface area contributed by atoms with Gasteiger partial charge in [0.1, 0.15) is 18.0 Å². The van der Waals surface area contributed by atoms with Crippen LogP contribution in [-0.4, -0.2) is 38.5 Å². The highest BCUT2D eigenvalue weighted by molar-refractivity contribution is 9.07. The van der Waals surface area contributed by atoms with Gasteiger partial charge in [-0.05, 0) is 43.7 Å². The quantitative estimate of drug-likeness (QED) is 0.606. The Morgan fingerprint density at radius 1 is 1.03 bits per heavy atom. The van der Waals surface area contributed by atoms with Crippen LogP contribution in [-0.2, 0) is 17.0 Å². The van der Waals surface area contributed by atoms with Gasteiger partial charge in [-0.15, -0.1) is 0 Å². The molecule has 2 fully saturated rings. The Balaban J connectivity index is 1.25. The third kappa shape index (κ3) is 3.11. The number of rotatable bonds is 2. The monoisotopic (exact) mass is 485 g/mol. The summed E-state index contributed by atoms with van der Waals surface area (Å²) in [5.41, 5.74) is 1.46. The van der Waals surface area contributed by atoms with Gasteiger partial charge in [-0.25, -0.2) is 8.72 Å². The fourth-order valence-corrected chi connectivity index (χ4v) is 5.98. The number of ether oxygens (including phenoxy) is 1. The first-order chi connectivity index (χ1) is 14.9. The molecule has 2 spiro atoms. The molecule has 1 aromatic heterocycles. The standard InChI is InChI=1S/C23H24BrN3O4/c1-16-7-8-18(28)26-19(16)20(29)27(24)23(26)11-9-22(10-12-23)14-25(15-22)21(30)31-13-17-5-3-2-4-6-17/h2-8H,9-15H2,1H3. The second-order valence-electron chi connectivity index (χ2n) is 9.00.